The van der Waals surface area contributed by atoms with Gasteiger partial charge < -0.3 is 15.6 Å². The maximum absolute atomic E-state index is 12.1. The standard InChI is InChI=1S/C20H21BrN2O4/c21-16-8-4-14(5-9-16)2-1-3-19(24)22-17-10-6-15(7-11-17)18(23-27)12-13-20(25)26/h4-11,27H,1-3,12-13H2,(H,22,24)(H,25,26)/b23-18+. The summed E-state index contributed by atoms with van der Waals surface area (Å²) in [7, 11) is 0. The van der Waals surface area contributed by atoms with Crippen molar-refractivity contribution in [3.63, 3.8) is 0 Å². The molecule has 0 saturated heterocycles. The number of carbonyl (C=O) groups excluding carboxylic acids is 1. The van der Waals surface area contributed by atoms with E-state index in [0.29, 0.717) is 23.4 Å². The van der Waals surface area contributed by atoms with Crippen LogP contribution in [0.1, 0.15) is 36.8 Å². The van der Waals surface area contributed by atoms with Gasteiger partial charge in [0.15, 0.2) is 0 Å². The molecule has 0 saturated carbocycles. The third kappa shape index (κ3) is 7.22. The average molecular weight is 433 g/mol. The molecule has 2 rings (SSSR count). The van der Waals surface area contributed by atoms with Crippen LogP contribution in [0.3, 0.4) is 0 Å². The maximum Gasteiger partial charge on any atom is 0.303 e. The van der Waals surface area contributed by atoms with E-state index in [9.17, 15) is 9.59 Å². The van der Waals surface area contributed by atoms with Crippen molar-refractivity contribution in [3.05, 3.63) is 64.1 Å². The molecule has 1 amide bonds. The predicted octanol–water partition coefficient (Wildman–Crippen LogP) is 4.45. The molecule has 0 spiro atoms. The summed E-state index contributed by atoms with van der Waals surface area (Å²) in [5.41, 5.74) is 2.74. The Hall–Kier alpha value is -2.67. The zero-order valence-electron chi connectivity index (χ0n) is 14.7. The second-order valence-electron chi connectivity index (χ2n) is 6.05. The molecule has 2 aromatic carbocycles. The number of aliphatic carboxylic acids is 1. The SMILES string of the molecule is O=C(O)CC/C(=N\O)c1ccc(NC(=O)CCCc2ccc(Br)cc2)cc1. The van der Waals surface area contributed by atoms with Crippen LogP contribution < -0.4 is 5.32 Å². The number of amides is 1. The highest BCUT2D eigenvalue weighted by Gasteiger charge is 2.08. The Labute approximate surface area is 166 Å². The fourth-order valence-electron chi connectivity index (χ4n) is 2.55. The number of hydrogen-bond donors (Lipinski definition) is 3. The van der Waals surface area contributed by atoms with E-state index in [1.54, 1.807) is 24.3 Å². The molecule has 142 valence electrons. The van der Waals surface area contributed by atoms with Crippen LogP contribution in [0.25, 0.3) is 0 Å². The zero-order chi connectivity index (χ0) is 19.6. The highest BCUT2D eigenvalue weighted by atomic mass is 79.9. The third-order valence-electron chi connectivity index (χ3n) is 3.98. The van der Waals surface area contributed by atoms with Crippen LogP contribution in [0.15, 0.2) is 58.2 Å². The average Bonchev–Trinajstić information content (AvgIpc) is 2.65. The minimum absolute atomic E-state index is 0.0678. The Morgan fingerprint density at radius 3 is 2.22 bits per heavy atom. The number of aryl methyl sites for hydroxylation is 1. The number of carboxylic acid groups (broad SMARTS) is 1. The summed E-state index contributed by atoms with van der Waals surface area (Å²) in [6, 6.07) is 14.8. The number of nitrogens with zero attached hydrogens (tertiary/aromatic N) is 1. The smallest absolute Gasteiger partial charge is 0.303 e. The number of carbonyl (C=O) groups is 2. The second kappa shape index (κ2) is 10.5. The van der Waals surface area contributed by atoms with Crippen molar-refractivity contribution in [2.75, 3.05) is 5.32 Å². The number of oxime groups is 1. The van der Waals surface area contributed by atoms with Crippen LogP contribution in [0.4, 0.5) is 5.69 Å². The summed E-state index contributed by atoms with van der Waals surface area (Å²) in [5.74, 6) is -1.02. The summed E-state index contributed by atoms with van der Waals surface area (Å²) in [5, 5.41) is 23.7. The molecule has 0 aliphatic heterocycles. The Bertz CT molecular complexity index is 802. The first-order chi connectivity index (χ1) is 13.0. The van der Waals surface area contributed by atoms with Crippen LogP contribution in [-0.4, -0.2) is 27.9 Å². The van der Waals surface area contributed by atoms with Crippen LogP contribution in [0.2, 0.25) is 0 Å². The van der Waals surface area contributed by atoms with E-state index in [1.807, 2.05) is 24.3 Å². The molecule has 27 heavy (non-hydrogen) atoms. The lowest BCUT2D eigenvalue weighted by Crippen LogP contribution is -2.12. The molecule has 0 aliphatic rings. The monoisotopic (exact) mass is 432 g/mol. The van der Waals surface area contributed by atoms with Crippen molar-refractivity contribution in [2.24, 2.45) is 5.16 Å². The lowest BCUT2D eigenvalue weighted by Gasteiger charge is -2.08. The number of hydrogen-bond acceptors (Lipinski definition) is 4. The number of carboxylic acids is 1. The van der Waals surface area contributed by atoms with Crippen LogP contribution in [-0.2, 0) is 16.0 Å². The van der Waals surface area contributed by atoms with Crippen molar-refractivity contribution in [3.8, 4) is 0 Å². The molecule has 0 aliphatic carbocycles. The predicted molar refractivity (Wildman–Crippen MR) is 107 cm³/mol. The molecule has 0 atom stereocenters. The zero-order valence-corrected chi connectivity index (χ0v) is 16.3. The van der Waals surface area contributed by atoms with Gasteiger partial charge in [-0.1, -0.05) is 45.4 Å². The highest BCUT2D eigenvalue weighted by Crippen LogP contribution is 2.15. The topological polar surface area (TPSA) is 99.0 Å². The van der Waals surface area contributed by atoms with E-state index in [-0.39, 0.29) is 18.7 Å². The molecular formula is C20H21BrN2O4. The van der Waals surface area contributed by atoms with Gasteiger partial charge in [0.2, 0.25) is 5.91 Å². The van der Waals surface area contributed by atoms with E-state index in [4.69, 9.17) is 10.3 Å². The number of halogens is 1. The van der Waals surface area contributed by atoms with E-state index in [1.165, 1.54) is 5.56 Å². The normalized spacial score (nSPS) is 11.2. The third-order valence-corrected chi connectivity index (χ3v) is 4.51. The van der Waals surface area contributed by atoms with Gasteiger partial charge in [-0.2, -0.15) is 0 Å². The molecule has 0 fully saturated rings. The molecule has 0 aromatic heterocycles. The van der Waals surface area contributed by atoms with Gasteiger partial charge in [0.05, 0.1) is 12.1 Å². The fourth-order valence-corrected chi connectivity index (χ4v) is 2.82. The summed E-state index contributed by atoms with van der Waals surface area (Å²) in [6.07, 6.45) is 2.02. The van der Waals surface area contributed by atoms with Crippen molar-refractivity contribution in [2.45, 2.75) is 32.1 Å². The number of anilines is 1. The Balaban J connectivity index is 1.81. The highest BCUT2D eigenvalue weighted by molar-refractivity contribution is 9.10. The molecule has 0 heterocycles. The summed E-state index contributed by atoms with van der Waals surface area (Å²) < 4.78 is 1.03. The van der Waals surface area contributed by atoms with Crippen molar-refractivity contribution in [1.29, 1.82) is 0 Å². The van der Waals surface area contributed by atoms with Gasteiger partial charge in [-0.15, -0.1) is 0 Å². The second-order valence-corrected chi connectivity index (χ2v) is 6.96. The van der Waals surface area contributed by atoms with Gasteiger partial charge in [-0.3, -0.25) is 9.59 Å². The van der Waals surface area contributed by atoms with E-state index in [2.05, 4.69) is 26.4 Å². The Kier molecular flexibility index (Phi) is 8.00. The number of benzene rings is 2. The first kappa shape index (κ1) is 20.6. The van der Waals surface area contributed by atoms with Gasteiger partial charge in [-0.25, -0.2) is 0 Å². The van der Waals surface area contributed by atoms with Crippen molar-refractivity contribution in [1.82, 2.24) is 0 Å². The molecule has 3 N–H and O–H groups in total. The molecule has 7 heteroatoms. The van der Waals surface area contributed by atoms with Gasteiger partial charge in [-0.05, 0) is 48.2 Å². The minimum atomic E-state index is -0.955. The van der Waals surface area contributed by atoms with Crippen molar-refractivity contribution < 1.29 is 19.9 Å². The van der Waals surface area contributed by atoms with E-state index >= 15 is 0 Å². The minimum Gasteiger partial charge on any atom is -0.481 e. The molecule has 6 nitrogen and oxygen atoms in total. The Morgan fingerprint density at radius 2 is 1.63 bits per heavy atom. The fraction of sp³-hybridized carbons (Fsp3) is 0.250. The van der Waals surface area contributed by atoms with Gasteiger partial charge >= 0.3 is 5.97 Å². The molecule has 0 unspecified atom stereocenters. The van der Waals surface area contributed by atoms with E-state index < -0.39 is 5.97 Å². The molecular weight excluding hydrogens is 412 g/mol. The summed E-state index contributed by atoms with van der Waals surface area (Å²) in [6.45, 7) is 0. The summed E-state index contributed by atoms with van der Waals surface area (Å²) >= 11 is 3.40. The molecule has 2 aromatic rings. The first-order valence-electron chi connectivity index (χ1n) is 8.55. The van der Waals surface area contributed by atoms with E-state index in [0.717, 1.165) is 17.3 Å². The first-order valence-corrected chi connectivity index (χ1v) is 9.34. The van der Waals surface area contributed by atoms with Crippen molar-refractivity contribution >= 4 is 39.2 Å². The number of rotatable bonds is 9. The van der Waals surface area contributed by atoms with Crippen LogP contribution >= 0.6 is 15.9 Å². The lowest BCUT2D eigenvalue weighted by molar-refractivity contribution is -0.136. The largest absolute Gasteiger partial charge is 0.481 e. The molecule has 0 radical (unpaired) electrons. The quantitative estimate of drug-likeness (QED) is 0.309. The van der Waals surface area contributed by atoms with Crippen LogP contribution in [0.5, 0.6) is 0 Å². The Morgan fingerprint density at radius 1 is 0.963 bits per heavy atom. The van der Waals surface area contributed by atoms with Gasteiger partial charge in [0, 0.05) is 23.0 Å². The lowest BCUT2D eigenvalue weighted by atomic mass is 10.1. The van der Waals surface area contributed by atoms with Gasteiger partial charge in [0.25, 0.3) is 0 Å². The summed E-state index contributed by atoms with van der Waals surface area (Å²) in [4.78, 5) is 22.7. The molecule has 0 bridgehead atoms. The maximum atomic E-state index is 12.1. The van der Waals surface area contributed by atoms with Crippen LogP contribution in [0, 0.1) is 0 Å². The number of nitrogens with one attached hydrogen (secondary N) is 1. The van der Waals surface area contributed by atoms with Gasteiger partial charge in [0.1, 0.15) is 0 Å².